The summed E-state index contributed by atoms with van der Waals surface area (Å²) in [6, 6.07) is 14.2. The number of carbonyl (C=O) groups excluding carboxylic acids is 2. The molecular weight excluding hydrogens is 438 g/mol. The maximum atomic E-state index is 12.8. The molecule has 0 aliphatic carbocycles. The molecule has 0 saturated carbocycles. The van der Waals surface area contributed by atoms with Crippen molar-refractivity contribution < 1.29 is 19.2 Å². The molecule has 1 N–H and O–H groups in total. The van der Waals surface area contributed by atoms with Gasteiger partial charge in [0.25, 0.3) is 11.6 Å². The molecule has 0 unspecified atom stereocenters. The molecule has 4 rings (SSSR count). The minimum atomic E-state index is -0.444. The number of piperazine rings is 1. The number of nitro benzene ring substituents is 1. The molecule has 0 atom stereocenters. The van der Waals surface area contributed by atoms with E-state index < -0.39 is 11.0 Å². The topological polar surface area (TPSA) is 108 Å². The fraction of sp³-hybridized carbons (Fsp3) is 0.417. The predicted octanol–water partition coefficient (Wildman–Crippen LogP) is 2.49. The summed E-state index contributed by atoms with van der Waals surface area (Å²) in [5.74, 6) is -0.195. The van der Waals surface area contributed by atoms with Gasteiger partial charge in [0.1, 0.15) is 12.3 Å². The lowest BCUT2D eigenvalue weighted by molar-refractivity contribution is -0.384. The molecule has 0 bridgehead atoms. The Kier molecular flexibility index (Phi) is 7.58. The van der Waals surface area contributed by atoms with Crippen molar-refractivity contribution in [2.24, 2.45) is 0 Å². The van der Waals surface area contributed by atoms with Crippen LogP contribution in [-0.2, 0) is 11.3 Å². The van der Waals surface area contributed by atoms with Gasteiger partial charge in [-0.2, -0.15) is 0 Å². The van der Waals surface area contributed by atoms with E-state index in [0.29, 0.717) is 70.0 Å². The van der Waals surface area contributed by atoms with E-state index in [4.69, 9.17) is 4.74 Å². The molecule has 2 fully saturated rings. The van der Waals surface area contributed by atoms with Crippen LogP contribution in [0.25, 0.3) is 0 Å². The summed E-state index contributed by atoms with van der Waals surface area (Å²) >= 11 is 0. The van der Waals surface area contributed by atoms with E-state index in [1.54, 1.807) is 21.9 Å². The zero-order valence-corrected chi connectivity index (χ0v) is 19.0. The summed E-state index contributed by atoms with van der Waals surface area (Å²) in [4.78, 5) is 42.0. The number of ether oxygens (including phenoxy) is 1. The number of carbonyl (C=O) groups is 2. The third-order valence-corrected chi connectivity index (χ3v) is 6.12. The number of nitro groups is 1. The van der Waals surface area contributed by atoms with Gasteiger partial charge in [0.2, 0.25) is 0 Å². The molecule has 10 heteroatoms. The summed E-state index contributed by atoms with van der Waals surface area (Å²) in [6.07, 6.45) is 0.260. The molecule has 2 heterocycles. The fourth-order valence-corrected chi connectivity index (χ4v) is 4.27. The van der Waals surface area contributed by atoms with Crippen LogP contribution in [0.2, 0.25) is 0 Å². The molecule has 2 aliphatic heterocycles. The lowest BCUT2D eigenvalue weighted by Gasteiger charge is -2.28. The molecule has 0 aromatic heterocycles. The minimum absolute atomic E-state index is 0.0962. The van der Waals surface area contributed by atoms with Crippen molar-refractivity contribution in [2.75, 3.05) is 57.3 Å². The summed E-state index contributed by atoms with van der Waals surface area (Å²) < 4.78 is 5.44. The first-order chi connectivity index (χ1) is 16.5. The summed E-state index contributed by atoms with van der Waals surface area (Å²) in [5.41, 5.74) is 1.60. The first-order valence-corrected chi connectivity index (χ1v) is 11.5. The Morgan fingerprint density at radius 1 is 0.941 bits per heavy atom. The van der Waals surface area contributed by atoms with E-state index in [1.807, 2.05) is 35.2 Å². The molecule has 180 valence electrons. The quantitative estimate of drug-likeness (QED) is 0.532. The highest BCUT2D eigenvalue weighted by atomic mass is 16.6. The number of hydrogen-bond donors (Lipinski definition) is 1. The highest BCUT2D eigenvalue weighted by Gasteiger charge is 2.27. The standard InChI is InChI=1S/C24H29N5O5/c30-23(27-13-9-25-10-14-27)20-7-8-21(22(17-20)29(32)33)26-11-4-12-28(16-15-26)24(31)34-18-19-5-2-1-3-6-19/h1-3,5-8,17,25H,4,9-16,18H2. The van der Waals surface area contributed by atoms with Crippen molar-refractivity contribution in [2.45, 2.75) is 13.0 Å². The van der Waals surface area contributed by atoms with Gasteiger partial charge < -0.3 is 24.8 Å². The van der Waals surface area contributed by atoms with Gasteiger partial charge in [-0.05, 0) is 24.1 Å². The van der Waals surface area contributed by atoms with E-state index in [-0.39, 0.29) is 18.2 Å². The van der Waals surface area contributed by atoms with E-state index >= 15 is 0 Å². The van der Waals surface area contributed by atoms with Crippen molar-refractivity contribution in [3.05, 3.63) is 69.8 Å². The smallest absolute Gasteiger partial charge is 0.410 e. The van der Waals surface area contributed by atoms with Gasteiger partial charge >= 0.3 is 6.09 Å². The first kappa shape index (κ1) is 23.5. The van der Waals surface area contributed by atoms with Crippen LogP contribution in [-0.4, -0.2) is 79.1 Å². The predicted molar refractivity (Wildman–Crippen MR) is 127 cm³/mol. The molecule has 0 spiro atoms. The molecule has 2 aromatic carbocycles. The van der Waals surface area contributed by atoms with Crippen LogP contribution in [0.15, 0.2) is 48.5 Å². The monoisotopic (exact) mass is 467 g/mol. The van der Waals surface area contributed by atoms with Crippen molar-refractivity contribution in [1.29, 1.82) is 0 Å². The Labute approximate surface area is 198 Å². The van der Waals surface area contributed by atoms with Crippen LogP contribution in [0.3, 0.4) is 0 Å². The summed E-state index contributed by atoms with van der Waals surface area (Å²) in [6.45, 7) is 4.69. The average molecular weight is 468 g/mol. The molecule has 2 aliphatic rings. The maximum Gasteiger partial charge on any atom is 0.410 e. The van der Waals surface area contributed by atoms with Crippen molar-refractivity contribution in [1.82, 2.24) is 15.1 Å². The van der Waals surface area contributed by atoms with Crippen LogP contribution in [0.5, 0.6) is 0 Å². The highest BCUT2D eigenvalue weighted by molar-refractivity contribution is 5.96. The zero-order chi connectivity index (χ0) is 23.9. The Hall–Kier alpha value is -3.66. The van der Waals surface area contributed by atoms with E-state index in [9.17, 15) is 19.7 Å². The Morgan fingerprint density at radius 2 is 1.71 bits per heavy atom. The van der Waals surface area contributed by atoms with Gasteiger partial charge in [-0.25, -0.2) is 4.79 Å². The van der Waals surface area contributed by atoms with Crippen molar-refractivity contribution in [3.8, 4) is 0 Å². The number of hydrogen-bond acceptors (Lipinski definition) is 7. The average Bonchev–Trinajstić information content (AvgIpc) is 3.14. The van der Waals surface area contributed by atoms with Crippen molar-refractivity contribution in [3.63, 3.8) is 0 Å². The SMILES string of the molecule is O=C(OCc1ccccc1)N1CCCN(c2ccc(C(=O)N3CCNCC3)cc2[N+](=O)[O-])CC1. The molecule has 0 radical (unpaired) electrons. The van der Waals surface area contributed by atoms with Gasteiger partial charge in [-0.1, -0.05) is 30.3 Å². The van der Waals surface area contributed by atoms with Gasteiger partial charge in [-0.3, -0.25) is 14.9 Å². The second kappa shape index (κ2) is 11.0. The third kappa shape index (κ3) is 5.63. The second-order valence-corrected chi connectivity index (χ2v) is 8.37. The summed E-state index contributed by atoms with van der Waals surface area (Å²) in [5, 5.41) is 15.0. The van der Waals surface area contributed by atoms with E-state index in [1.165, 1.54) is 6.07 Å². The molecule has 2 aromatic rings. The third-order valence-electron chi connectivity index (χ3n) is 6.12. The normalized spacial score (nSPS) is 16.6. The number of benzene rings is 2. The fourth-order valence-electron chi connectivity index (χ4n) is 4.27. The molecule has 2 amide bonds. The van der Waals surface area contributed by atoms with Crippen LogP contribution < -0.4 is 10.2 Å². The van der Waals surface area contributed by atoms with Crippen LogP contribution >= 0.6 is 0 Å². The largest absolute Gasteiger partial charge is 0.445 e. The summed E-state index contributed by atoms with van der Waals surface area (Å²) in [7, 11) is 0. The van der Waals surface area contributed by atoms with E-state index in [2.05, 4.69) is 5.32 Å². The second-order valence-electron chi connectivity index (χ2n) is 8.37. The number of rotatable bonds is 5. The van der Waals surface area contributed by atoms with Crippen LogP contribution in [0.1, 0.15) is 22.3 Å². The van der Waals surface area contributed by atoms with Gasteiger partial charge in [-0.15, -0.1) is 0 Å². The van der Waals surface area contributed by atoms with Gasteiger partial charge in [0.05, 0.1) is 4.92 Å². The number of nitrogens with zero attached hydrogens (tertiary/aromatic N) is 4. The Bertz CT molecular complexity index is 1030. The molecular formula is C24H29N5O5. The Morgan fingerprint density at radius 3 is 2.44 bits per heavy atom. The minimum Gasteiger partial charge on any atom is -0.445 e. The van der Waals surface area contributed by atoms with Gasteiger partial charge in [0, 0.05) is 64.0 Å². The lowest BCUT2D eigenvalue weighted by atomic mass is 10.1. The Balaban J connectivity index is 1.41. The van der Waals surface area contributed by atoms with Crippen LogP contribution in [0.4, 0.5) is 16.2 Å². The van der Waals surface area contributed by atoms with Gasteiger partial charge in [0.15, 0.2) is 0 Å². The van der Waals surface area contributed by atoms with Crippen molar-refractivity contribution >= 4 is 23.4 Å². The number of anilines is 1. The highest BCUT2D eigenvalue weighted by Crippen LogP contribution is 2.30. The number of nitrogens with one attached hydrogen (secondary N) is 1. The zero-order valence-electron chi connectivity index (χ0n) is 19.0. The first-order valence-electron chi connectivity index (χ1n) is 11.5. The lowest BCUT2D eigenvalue weighted by Crippen LogP contribution is -2.46. The molecule has 2 saturated heterocycles. The maximum absolute atomic E-state index is 12.8. The molecule has 10 nitrogen and oxygen atoms in total. The number of amides is 2. The van der Waals surface area contributed by atoms with E-state index in [0.717, 1.165) is 5.56 Å². The van der Waals surface area contributed by atoms with Crippen LogP contribution in [0, 0.1) is 10.1 Å². The molecule has 34 heavy (non-hydrogen) atoms.